The topological polar surface area (TPSA) is 56.6 Å². The van der Waals surface area contributed by atoms with E-state index in [0.717, 1.165) is 26.1 Å². The summed E-state index contributed by atoms with van der Waals surface area (Å²) in [4.78, 5) is 15.8. The lowest BCUT2D eigenvalue weighted by Gasteiger charge is -2.28. The van der Waals surface area contributed by atoms with Gasteiger partial charge < -0.3 is 14.5 Å². The summed E-state index contributed by atoms with van der Waals surface area (Å²) >= 11 is 0. The first-order valence-corrected chi connectivity index (χ1v) is 6.38. The van der Waals surface area contributed by atoms with E-state index in [1.807, 2.05) is 20.8 Å². The molecule has 1 atom stereocenters. The summed E-state index contributed by atoms with van der Waals surface area (Å²) in [6.45, 7) is 8.16. The molecule has 5 heteroatoms. The van der Waals surface area contributed by atoms with Crippen LogP contribution in [0, 0.1) is 11.3 Å². The van der Waals surface area contributed by atoms with Crippen molar-refractivity contribution in [2.75, 3.05) is 26.7 Å². The number of likely N-dealkylation sites (tertiary alicyclic amines) is 1. The van der Waals surface area contributed by atoms with Crippen molar-refractivity contribution in [2.45, 2.75) is 45.3 Å². The number of amides is 1. The van der Waals surface area contributed by atoms with Gasteiger partial charge in [0.05, 0.1) is 6.07 Å². The number of rotatable bonds is 3. The molecule has 1 aliphatic heterocycles. The van der Waals surface area contributed by atoms with Gasteiger partial charge in [-0.3, -0.25) is 0 Å². The van der Waals surface area contributed by atoms with Crippen LogP contribution < -0.4 is 0 Å². The molecule has 1 amide bonds. The molecule has 0 radical (unpaired) electrons. The maximum absolute atomic E-state index is 11.9. The highest BCUT2D eigenvalue weighted by Crippen LogP contribution is 2.17. The first kappa shape index (κ1) is 14.8. The van der Waals surface area contributed by atoms with Crippen LogP contribution in [-0.2, 0) is 4.74 Å². The maximum Gasteiger partial charge on any atom is 0.410 e. The Hall–Kier alpha value is -1.28. The van der Waals surface area contributed by atoms with Crippen molar-refractivity contribution in [3.05, 3.63) is 0 Å². The lowest BCUT2D eigenvalue weighted by atomic mass is 10.2. The fourth-order valence-corrected chi connectivity index (χ4v) is 2.02. The molecule has 0 aromatic heterocycles. The maximum atomic E-state index is 11.9. The number of ether oxygens (including phenoxy) is 1. The molecule has 1 aliphatic rings. The number of hydrogen-bond acceptors (Lipinski definition) is 4. The molecule has 0 spiro atoms. The summed E-state index contributed by atoms with van der Waals surface area (Å²) in [5.74, 6) is 0. The van der Waals surface area contributed by atoms with Crippen LogP contribution in [0.5, 0.6) is 0 Å². The van der Waals surface area contributed by atoms with E-state index < -0.39 is 5.60 Å². The second-order valence-electron chi connectivity index (χ2n) is 5.74. The molecule has 0 aliphatic carbocycles. The van der Waals surface area contributed by atoms with Crippen molar-refractivity contribution >= 4 is 6.09 Å². The van der Waals surface area contributed by atoms with Crippen LogP contribution in [-0.4, -0.2) is 54.2 Å². The molecule has 1 rings (SSSR count). The van der Waals surface area contributed by atoms with Gasteiger partial charge in [-0.25, -0.2) is 4.79 Å². The summed E-state index contributed by atoms with van der Waals surface area (Å²) < 4.78 is 5.34. The van der Waals surface area contributed by atoms with Crippen LogP contribution in [0.2, 0.25) is 0 Å². The molecule has 1 fully saturated rings. The third-order valence-corrected chi connectivity index (χ3v) is 3.02. The Balaban J connectivity index is 2.42. The van der Waals surface area contributed by atoms with E-state index in [9.17, 15) is 4.79 Å². The highest BCUT2D eigenvalue weighted by Gasteiger charge is 2.30. The second kappa shape index (κ2) is 6.05. The average Bonchev–Trinajstić information content (AvgIpc) is 2.71. The van der Waals surface area contributed by atoms with E-state index in [1.165, 1.54) is 0 Å². The van der Waals surface area contributed by atoms with Gasteiger partial charge in [0.2, 0.25) is 0 Å². The third kappa shape index (κ3) is 4.53. The number of likely N-dealkylation sites (N-methyl/N-ethyl adjacent to an activating group) is 1. The van der Waals surface area contributed by atoms with E-state index in [4.69, 9.17) is 10.00 Å². The highest BCUT2D eigenvalue weighted by molar-refractivity contribution is 5.68. The lowest BCUT2D eigenvalue weighted by molar-refractivity contribution is 0.0229. The molecule has 0 bridgehead atoms. The summed E-state index contributed by atoms with van der Waals surface area (Å²) in [6, 6.07) is 2.34. The van der Waals surface area contributed by atoms with Crippen molar-refractivity contribution in [1.82, 2.24) is 9.80 Å². The highest BCUT2D eigenvalue weighted by atomic mass is 16.6. The smallest absolute Gasteiger partial charge is 0.410 e. The fraction of sp³-hybridized carbons (Fsp3) is 0.846. The van der Waals surface area contributed by atoms with Crippen molar-refractivity contribution < 1.29 is 9.53 Å². The van der Waals surface area contributed by atoms with E-state index in [0.29, 0.717) is 6.42 Å². The normalized spacial score (nSPS) is 20.5. The van der Waals surface area contributed by atoms with Gasteiger partial charge in [0.15, 0.2) is 0 Å². The summed E-state index contributed by atoms with van der Waals surface area (Å²) in [5, 5.41) is 8.56. The van der Waals surface area contributed by atoms with Gasteiger partial charge in [-0.2, -0.15) is 5.26 Å². The third-order valence-electron chi connectivity index (χ3n) is 3.02. The van der Waals surface area contributed by atoms with Crippen LogP contribution >= 0.6 is 0 Å². The van der Waals surface area contributed by atoms with Crippen molar-refractivity contribution in [2.24, 2.45) is 0 Å². The molecule has 102 valence electrons. The zero-order valence-corrected chi connectivity index (χ0v) is 11.8. The van der Waals surface area contributed by atoms with Crippen LogP contribution in [0.4, 0.5) is 4.79 Å². The van der Waals surface area contributed by atoms with E-state index in [2.05, 4.69) is 11.0 Å². The van der Waals surface area contributed by atoms with Gasteiger partial charge in [0.1, 0.15) is 5.60 Å². The predicted octanol–water partition coefficient (Wildman–Crippen LogP) is 1.84. The summed E-state index contributed by atoms with van der Waals surface area (Å²) in [5.41, 5.74) is -0.454. The van der Waals surface area contributed by atoms with Crippen molar-refractivity contribution in [1.29, 1.82) is 5.26 Å². The first-order chi connectivity index (χ1) is 8.33. The summed E-state index contributed by atoms with van der Waals surface area (Å²) in [6.07, 6.45) is 1.22. The molecule has 0 aromatic rings. The summed E-state index contributed by atoms with van der Waals surface area (Å²) in [7, 11) is 1.78. The molecule has 0 saturated carbocycles. The molecular formula is C13H23N3O2. The predicted molar refractivity (Wildman–Crippen MR) is 69.1 cm³/mol. The number of carbonyl (C=O) groups excluding carboxylic acids is 1. The molecule has 1 saturated heterocycles. The Morgan fingerprint density at radius 2 is 2.22 bits per heavy atom. The first-order valence-electron chi connectivity index (χ1n) is 6.38. The number of hydrogen-bond donors (Lipinski definition) is 0. The van der Waals surface area contributed by atoms with Gasteiger partial charge in [-0.15, -0.1) is 0 Å². The van der Waals surface area contributed by atoms with Gasteiger partial charge in [0, 0.05) is 39.1 Å². The molecule has 0 aromatic carbocycles. The van der Waals surface area contributed by atoms with E-state index in [1.54, 1.807) is 11.9 Å². The molecule has 0 N–H and O–H groups in total. The monoisotopic (exact) mass is 253 g/mol. The quantitative estimate of drug-likeness (QED) is 0.770. The SMILES string of the molecule is CN(C(=O)OC(C)(C)C)[C@@H]1CCN(CCC#N)C1. The molecule has 18 heavy (non-hydrogen) atoms. The standard InChI is InChI=1S/C13H23N3O2/c1-13(2,3)18-12(17)15(4)11-6-9-16(10-11)8-5-7-14/h11H,5-6,8-10H2,1-4H3/t11-/m1/s1. The molecule has 5 nitrogen and oxygen atoms in total. The Labute approximate surface area is 109 Å². The minimum Gasteiger partial charge on any atom is -0.444 e. The van der Waals surface area contributed by atoms with Gasteiger partial charge in [-0.1, -0.05) is 0 Å². The van der Waals surface area contributed by atoms with Crippen LogP contribution in [0.1, 0.15) is 33.6 Å². The van der Waals surface area contributed by atoms with Gasteiger partial charge in [0.25, 0.3) is 0 Å². The molecular weight excluding hydrogens is 230 g/mol. The zero-order valence-electron chi connectivity index (χ0n) is 11.8. The Morgan fingerprint density at radius 1 is 1.56 bits per heavy atom. The van der Waals surface area contributed by atoms with Crippen LogP contribution in [0.15, 0.2) is 0 Å². The van der Waals surface area contributed by atoms with Crippen molar-refractivity contribution in [3.63, 3.8) is 0 Å². The number of carbonyl (C=O) groups is 1. The molecule has 0 unspecified atom stereocenters. The minimum absolute atomic E-state index is 0.193. The Morgan fingerprint density at radius 3 is 2.78 bits per heavy atom. The second-order valence-corrected chi connectivity index (χ2v) is 5.74. The Kier molecular flexibility index (Phi) is 4.97. The van der Waals surface area contributed by atoms with E-state index in [-0.39, 0.29) is 12.1 Å². The van der Waals surface area contributed by atoms with E-state index >= 15 is 0 Å². The van der Waals surface area contributed by atoms with Gasteiger partial charge >= 0.3 is 6.09 Å². The minimum atomic E-state index is -0.454. The van der Waals surface area contributed by atoms with Crippen molar-refractivity contribution in [3.8, 4) is 6.07 Å². The lowest BCUT2D eigenvalue weighted by Crippen LogP contribution is -2.42. The van der Waals surface area contributed by atoms with Gasteiger partial charge in [-0.05, 0) is 27.2 Å². The largest absolute Gasteiger partial charge is 0.444 e. The number of nitriles is 1. The fourth-order valence-electron chi connectivity index (χ4n) is 2.02. The molecule has 1 heterocycles. The average molecular weight is 253 g/mol. The number of nitrogens with zero attached hydrogens (tertiary/aromatic N) is 3. The zero-order chi connectivity index (χ0) is 13.8. The van der Waals surface area contributed by atoms with Crippen LogP contribution in [0.25, 0.3) is 0 Å². The Bertz CT molecular complexity index is 330. The van der Waals surface area contributed by atoms with Crippen LogP contribution in [0.3, 0.4) is 0 Å².